The molecule has 0 saturated carbocycles. The maximum Gasteiger partial charge on any atom is 0.258 e. The molecule has 2 rings (SSSR count). The largest absolute Gasteiger partial charge is 0.504 e. The first-order chi connectivity index (χ1) is 10.1. The summed E-state index contributed by atoms with van der Waals surface area (Å²) in [6, 6.07) is 13.3. The van der Waals surface area contributed by atoms with Crippen molar-refractivity contribution in [3.05, 3.63) is 53.6 Å². The average molecular weight is 282 g/mol. The van der Waals surface area contributed by atoms with E-state index in [2.05, 4.69) is 0 Å². The van der Waals surface area contributed by atoms with Gasteiger partial charge in [-0.2, -0.15) is 5.26 Å². The third kappa shape index (κ3) is 2.79. The fraction of sp³-hybridized carbons (Fsp3) is 0.125. The van der Waals surface area contributed by atoms with Crippen LogP contribution in [0.25, 0.3) is 0 Å². The number of hydrogen-bond donors (Lipinski definition) is 1. The van der Waals surface area contributed by atoms with Crippen molar-refractivity contribution in [2.45, 2.75) is 0 Å². The summed E-state index contributed by atoms with van der Waals surface area (Å²) in [5.74, 6) is -0.132. The second kappa shape index (κ2) is 5.97. The molecule has 0 aliphatic carbocycles. The van der Waals surface area contributed by atoms with E-state index in [0.29, 0.717) is 22.6 Å². The van der Waals surface area contributed by atoms with Gasteiger partial charge in [0, 0.05) is 12.6 Å². The minimum Gasteiger partial charge on any atom is -0.504 e. The van der Waals surface area contributed by atoms with E-state index in [1.165, 1.54) is 24.1 Å². The van der Waals surface area contributed by atoms with Crippen molar-refractivity contribution in [2.75, 3.05) is 19.1 Å². The second-order valence-electron chi connectivity index (χ2n) is 4.38. The summed E-state index contributed by atoms with van der Waals surface area (Å²) in [5, 5.41) is 18.8. The summed E-state index contributed by atoms with van der Waals surface area (Å²) >= 11 is 0. The van der Waals surface area contributed by atoms with Crippen LogP contribution in [-0.2, 0) is 0 Å². The predicted octanol–water partition coefficient (Wildman–Crippen LogP) is 2.55. The number of nitrogens with zero attached hydrogens (tertiary/aromatic N) is 2. The molecule has 0 aromatic heterocycles. The number of carbonyl (C=O) groups is 1. The molecule has 21 heavy (non-hydrogen) atoms. The third-order valence-corrected chi connectivity index (χ3v) is 3.12. The number of rotatable bonds is 3. The van der Waals surface area contributed by atoms with Gasteiger partial charge in [0.05, 0.1) is 18.4 Å². The molecule has 1 amide bonds. The van der Waals surface area contributed by atoms with Gasteiger partial charge in [0.25, 0.3) is 5.91 Å². The summed E-state index contributed by atoms with van der Waals surface area (Å²) in [6.45, 7) is 0. The van der Waals surface area contributed by atoms with Crippen LogP contribution in [-0.4, -0.2) is 25.2 Å². The Morgan fingerprint density at radius 3 is 2.62 bits per heavy atom. The Balaban J connectivity index is 2.36. The van der Waals surface area contributed by atoms with Gasteiger partial charge >= 0.3 is 0 Å². The highest BCUT2D eigenvalue weighted by Crippen LogP contribution is 2.28. The highest BCUT2D eigenvalue weighted by molar-refractivity contribution is 6.06. The number of para-hydroxylation sites is 1. The lowest BCUT2D eigenvalue weighted by Gasteiger charge is -2.19. The van der Waals surface area contributed by atoms with Crippen molar-refractivity contribution in [1.82, 2.24) is 0 Å². The Morgan fingerprint density at radius 2 is 2.00 bits per heavy atom. The number of hydrogen-bond acceptors (Lipinski definition) is 4. The van der Waals surface area contributed by atoms with Gasteiger partial charge in [-0.25, -0.2) is 0 Å². The molecule has 1 N–H and O–H groups in total. The Hall–Kier alpha value is -3.00. The maximum absolute atomic E-state index is 12.4. The molecule has 0 bridgehead atoms. The van der Waals surface area contributed by atoms with Gasteiger partial charge in [-0.05, 0) is 30.3 Å². The minimum absolute atomic E-state index is 0.106. The molecule has 0 radical (unpaired) electrons. The van der Waals surface area contributed by atoms with Crippen molar-refractivity contribution in [3.63, 3.8) is 0 Å². The number of aromatic hydroxyl groups is 1. The molecule has 0 unspecified atom stereocenters. The zero-order chi connectivity index (χ0) is 15.4. The van der Waals surface area contributed by atoms with E-state index < -0.39 is 0 Å². The highest BCUT2D eigenvalue weighted by Gasteiger charge is 2.17. The molecule has 0 spiro atoms. The van der Waals surface area contributed by atoms with Crippen molar-refractivity contribution < 1.29 is 14.6 Å². The topological polar surface area (TPSA) is 73.6 Å². The number of nitriles is 1. The van der Waals surface area contributed by atoms with Crippen LogP contribution in [0.5, 0.6) is 11.5 Å². The van der Waals surface area contributed by atoms with E-state index >= 15 is 0 Å². The number of phenols is 1. The first-order valence-electron chi connectivity index (χ1n) is 6.22. The molecule has 106 valence electrons. The quantitative estimate of drug-likeness (QED) is 0.938. The Bertz CT molecular complexity index is 720. The van der Waals surface area contributed by atoms with Crippen LogP contribution in [0, 0.1) is 11.3 Å². The van der Waals surface area contributed by atoms with Gasteiger partial charge in [-0.3, -0.25) is 4.79 Å². The maximum atomic E-state index is 12.4. The third-order valence-electron chi connectivity index (χ3n) is 3.12. The molecule has 0 atom stereocenters. The molecular weight excluding hydrogens is 268 g/mol. The van der Waals surface area contributed by atoms with Crippen molar-refractivity contribution in [3.8, 4) is 17.6 Å². The fourth-order valence-corrected chi connectivity index (χ4v) is 1.99. The van der Waals surface area contributed by atoms with E-state index in [4.69, 9.17) is 10.00 Å². The molecule has 0 aliphatic rings. The molecule has 5 nitrogen and oxygen atoms in total. The minimum atomic E-state index is -0.323. The lowest BCUT2D eigenvalue weighted by Crippen LogP contribution is -2.26. The van der Waals surface area contributed by atoms with Crippen LogP contribution < -0.4 is 9.64 Å². The van der Waals surface area contributed by atoms with Crippen LogP contribution in [0.3, 0.4) is 0 Å². The first-order valence-corrected chi connectivity index (χ1v) is 6.22. The number of carbonyl (C=O) groups excluding carboxylic acids is 1. The lowest BCUT2D eigenvalue weighted by atomic mass is 10.1. The summed E-state index contributed by atoms with van der Waals surface area (Å²) in [7, 11) is 3.02. The SMILES string of the molecule is COc1ccc(C(=O)N(C)c2ccccc2C#N)cc1O. The van der Waals surface area contributed by atoms with Crippen LogP contribution >= 0.6 is 0 Å². The monoisotopic (exact) mass is 282 g/mol. The molecular formula is C16H14N2O3. The molecule has 0 aliphatic heterocycles. The van der Waals surface area contributed by atoms with Crippen LogP contribution in [0.4, 0.5) is 5.69 Å². The summed E-state index contributed by atoms with van der Waals surface area (Å²) in [4.78, 5) is 13.8. The number of phenolic OH excluding ortho intramolecular Hbond substituents is 1. The molecule has 0 heterocycles. The van der Waals surface area contributed by atoms with Gasteiger partial charge in [0.2, 0.25) is 0 Å². The van der Waals surface area contributed by atoms with Gasteiger partial charge in [0.1, 0.15) is 6.07 Å². The van der Waals surface area contributed by atoms with E-state index in [0.717, 1.165) is 0 Å². The van der Waals surface area contributed by atoms with Crippen LogP contribution in [0.1, 0.15) is 15.9 Å². The van der Waals surface area contributed by atoms with Crippen LogP contribution in [0.15, 0.2) is 42.5 Å². The van der Waals surface area contributed by atoms with Gasteiger partial charge in [-0.15, -0.1) is 0 Å². The Kier molecular flexibility index (Phi) is 4.10. The molecule has 0 fully saturated rings. The predicted molar refractivity (Wildman–Crippen MR) is 78.5 cm³/mol. The number of amides is 1. The standard InChI is InChI=1S/C16H14N2O3/c1-18(13-6-4-3-5-12(13)10-17)16(20)11-7-8-15(21-2)14(19)9-11/h3-9,19H,1-2H3. The van der Waals surface area contributed by atoms with Crippen molar-refractivity contribution >= 4 is 11.6 Å². The van der Waals surface area contributed by atoms with Gasteiger partial charge in [0.15, 0.2) is 11.5 Å². The summed E-state index contributed by atoms with van der Waals surface area (Å²) in [5.41, 5.74) is 1.23. The second-order valence-corrected chi connectivity index (χ2v) is 4.38. The fourth-order valence-electron chi connectivity index (χ4n) is 1.99. The molecule has 0 saturated heterocycles. The Labute approximate surface area is 122 Å². The number of benzene rings is 2. The highest BCUT2D eigenvalue weighted by atomic mass is 16.5. The zero-order valence-corrected chi connectivity index (χ0v) is 11.7. The molecule has 2 aromatic rings. The first kappa shape index (κ1) is 14.4. The molecule has 2 aromatic carbocycles. The van der Waals surface area contributed by atoms with Crippen molar-refractivity contribution in [1.29, 1.82) is 5.26 Å². The lowest BCUT2D eigenvalue weighted by molar-refractivity contribution is 0.0992. The molecule has 5 heteroatoms. The summed E-state index contributed by atoms with van der Waals surface area (Å²) < 4.78 is 4.94. The van der Waals surface area contributed by atoms with E-state index in [1.807, 2.05) is 6.07 Å². The Morgan fingerprint density at radius 1 is 1.29 bits per heavy atom. The number of anilines is 1. The normalized spacial score (nSPS) is 9.76. The van der Waals surface area contributed by atoms with Crippen LogP contribution in [0.2, 0.25) is 0 Å². The number of methoxy groups -OCH3 is 1. The van der Waals surface area contributed by atoms with E-state index in [-0.39, 0.29) is 11.7 Å². The van der Waals surface area contributed by atoms with E-state index in [1.54, 1.807) is 37.4 Å². The van der Waals surface area contributed by atoms with Gasteiger partial charge in [-0.1, -0.05) is 12.1 Å². The average Bonchev–Trinajstić information content (AvgIpc) is 2.53. The number of ether oxygens (including phenoxy) is 1. The van der Waals surface area contributed by atoms with Crippen molar-refractivity contribution in [2.24, 2.45) is 0 Å². The van der Waals surface area contributed by atoms with E-state index in [9.17, 15) is 9.90 Å². The smallest absolute Gasteiger partial charge is 0.258 e. The van der Waals surface area contributed by atoms with Gasteiger partial charge < -0.3 is 14.7 Å². The zero-order valence-electron chi connectivity index (χ0n) is 11.7. The summed E-state index contributed by atoms with van der Waals surface area (Å²) in [6.07, 6.45) is 0.